The fourth-order valence-corrected chi connectivity index (χ4v) is 3.99. The summed E-state index contributed by atoms with van der Waals surface area (Å²) in [5, 5.41) is 4.77. The van der Waals surface area contributed by atoms with Gasteiger partial charge in [-0.25, -0.2) is 0 Å². The Kier molecular flexibility index (Phi) is 4.40. The van der Waals surface area contributed by atoms with Crippen molar-refractivity contribution in [3.8, 4) is 0 Å². The minimum atomic E-state index is 0.281. The Morgan fingerprint density at radius 2 is 2.29 bits per heavy atom. The number of nitrogens with zero attached hydrogens (tertiary/aromatic N) is 1. The van der Waals surface area contributed by atoms with Crippen LogP contribution in [0.15, 0.2) is 4.99 Å². The quantitative estimate of drug-likeness (QED) is 0.831. The number of thioether (sulfide) groups is 1. The molecule has 2 nitrogen and oxygen atoms in total. The molecule has 1 aliphatic heterocycles. The van der Waals surface area contributed by atoms with E-state index in [0.717, 1.165) is 18.4 Å². The van der Waals surface area contributed by atoms with E-state index in [1.54, 1.807) is 0 Å². The van der Waals surface area contributed by atoms with Gasteiger partial charge in [0.1, 0.15) is 0 Å². The van der Waals surface area contributed by atoms with Crippen LogP contribution in [-0.4, -0.2) is 23.0 Å². The number of rotatable bonds is 3. The normalized spacial score (nSPS) is 40.5. The third-order valence-corrected chi connectivity index (χ3v) is 5.54. The topological polar surface area (TPSA) is 24.4 Å². The van der Waals surface area contributed by atoms with Crippen LogP contribution in [-0.2, 0) is 0 Å². The first-order chi connectivity index (χ1) is 8.11. The standard InChI is InChI=1S/C14H26N2S/c1-4-14(3)10-17-13(16-14)15-9-12-7-5-6-11(2)8-12/h11-12H,4-10H2,1-3H3,(H,15,16). The van der Waals surface area contributed by atoms with Crippen molar-refractivity contribution in [2.45, 2.75) is 58.4 Å². The summed E-state index contributed by atoms with van der Waals surface area (Å²) < 4.78 is 0. The van der Waals surface area contributed by atoms with E-state index in [-0.39, 0.29) is 5.54 Å². The summed E-state index contributed by atoms with van der Waals surface area (Å²) >= 11 is 1.90. The second-order valence-electron chi connectivity index (χ2n) is 6.11. The van der Waals surface area contributed by atoms with Crippen molar-refractivity contribution in [3.05, 3.63) is 0 Å². The van der Waals surface area contributed by atoms with Gasteiger partial charge < -0.3 is 5.32 Å². The minimum absolute atomic E-state index is 0.281. The number of hydrogen-bond acceptors (Lipinski definition) is 2. The molecular formula is C14H26N2S. The summed E-state index contributed by atoms with van der Waals surface area (Å²) in [6, 6.07) is 0. The van der Waals surface area contributed by atoms with Crippen LogP contribution in [0, 0.1) is 11.8 Å². The number of aliphatic imine (C=N–C) groups is 1. The van der Waals surface area contributed by atoms with Crippen LogP contribution >= 0.6 is 11.8 Å². The van der Waals surface area contributed by atoms with Gasteiger partial charge in [0, 0.05) is 17.8 Å². The number of amidine groups is 1. The summed E-state index contributed by atoms with van der Waals surface area (Å²) in [5.74, 6) is 2.92. The van der Waals surface area contributed by atoms with Gasteiger partial charge in [0.05, 0.1) is 0 Å². The van der Waals surface area contributed by atoms with E-state index in [1.807, 2.05) is 11.8 Å². The van der Waals surface area contributed by atoms with E-state index in [9.17, 15) is 0 Å². The second kappa shape index (κ2) is 5.64. The molecule has 98 valence electrons. The molecule has 2 aliphatic rings. The van der Waals surface area contributed by atoms with Crippen molar-refractivity contribution in [1.29, 1.82) is 0 Å². The summed E-state index contributed by atoms with van der Waals surface area (Å²) in [7, 11) is 0. The summed E-state index contributed by atoms with van der Waals surface area (Å²) in [6.07, 6.45) is 6.78. The van der Waals surface area contributed by atoms with E-state index >= 15 is 0 Å². The third-order valence-electron chi connectivity index (χ3n) is 4.25. The van der Waals surface area contributed by atoms with E-state index in [1.165, 1.54) is 43.0 Å². The smallest absolute Gasteiger partial charge is 0.157 e. The molecule has 0 aromatic heterocycles. The highest BCUT2D eigenvalue weighted by Crippen LogP contribution is 2.30. The summed E-state index contributed by atoms with van der Waals surface area (Å²) in [5.41, 5.74) is 0.281. The lowest BCUT2D eigenvalue weighted by Gasteiger charge is -2.25. The Morgan fingerprint density at radius 3 is 2.94 bits per heavy atom. The molecule has 2 fully saturated rings. The van der Waals surface area contributed by atoms with Gasteiger partial charge in [-0.05, 0) is 38.0 Å². The highest BCUT2D eigenvalue weighted by Gasteiger charge is 2.30. The fourth-order valence-electron chi connectivity index (χ4n) is 2.77. The van der Waals surface area contributed by atoms with Crippen LogP contribution < -0.4 is 5.32 Å². The average Bonchev–Trinajstić information content (AvgIpc) is 2.70. The van der Waals surface area contributed by atoms with Crippen LogP contribution in [0.25, 0.3) is 0 Å². The average molecular weight is 254 g/mol. The predicted octanol–water partition coefficient (Wildman–Crippen LogP) is 3.67. The maximum absolute atomic E-state index is 4.79. The van der Waals surface area contributed by atoms with Crippen LogP contribution in [0.2, 0.25) is 0 Å². The van der Waals surface area contributed by atoms with Crippen molar-refractivity contribution >= 4 is 16.9 Å². The van der Waals surface area contributed by atoms with Crippen molar-refractivity contribution in [1.82, 2.24) is 5.32 Å². The molecule has 0 aromatic rings. The maximum atomic E-state index is 4.79. The molecule has 3 unspecified atom stereocenters. The van der Waals surface area contributed by atoms with E-state index in [2.05, 4.69) is 26.1 Å². The molecule has 1 saturated carbocycles. The Morgan fingerprint density at radius 1 is 1.47 bits per heavy atom. The van der Waals surface area contributed by atoms with Crippen LogP contribution in [0.4, 0.5) is 0 Å². The summed E-state index contributed by atoms with van der Waals surface area (Å²) in [6.45, 7) is 7.97. The molecule has 0 spiro atoms. The molecule has 1 heterocycles. The highest BCUT2D eigenvalue weighted by atomic mass is 32.2. The number of hydrogen-bond donors (Lipinski definition) is 1. The molecule has 1 aliphatic carbocycles. The molecule has 17 heavy (non-hydrogen) atoms. The Bertz CT molecular complexity index is 290. The van der Waals surface area contributed by atoms with Crippen LogP contribution in [0.3, 0.4) is 0 Å². The van der Waals surface area contributed by atoms with E-state index < -0.39 is 0 Å². The molecule has 0 amide bonds. The largest absolute Gasteiger partial charge is 0.359 e. The molecular weight excluding hydrogens is 228 g/mol. The van der Waals surface area contributed by atoms with Gasteiger partial charge in [-0.1, -0.05) is 38.5 Å². The zero-order valence-corrected chi connectivity index (χ0v) is 12.3. The van der Waals surface area contributed by atoms with Crippen LogP contribution in [0.5, 0.6) is 0 Å². The van der Waals surface area contributed by atoms with Crippen molar-refractivity contribution in [2.75, 3.05) is 12.3 Å². The van der Waals surface area contributed by atoms with Crippen molar-refractivity contribution in [2.24, 2.45) is 16.8 Å². The maximum Gasteiger partial charge on any atom is 0.157 e. The lowest BCUT2D eigenvalue weighted by Crippen LogP contribution is -2.39. The van der Waals surface area contributed by atoms with Crippen molar-refractivity contribution < 1.29 is 0 Å². The molecule has 0 radical (unpaired) electrons. The molecule has 1 saturated heterocycles. The minimum Gasteiger partial charge on any atom is -0.359 e. The lowest BCUT2D eigenvalue weighted by molar-refractivity contribution is 0.289. The highest BCUT2D eigenvalue weighted by molar-refractivity contribution is 8.14. The monoisotopic (exact) mass is 254 g/mol. The third kappa shape index (κ3) is 3.64. The molecule has 0 aromatic carbocycles. The van der Waals surface area contributed by atoms with Gasteiger partial charge in [-0.15, -0.1) is 0 Å². The van der Waals surface area contributed by atoms with Crippen LogP contribution in [0.1, 0.15) is 52.9 Å². The molecule has 2 rings (SSSR count). The first-order valence-corrected chi connectivity index (χ1v) is 8.05. The van der Waals surface area contributed by atoms with Gasteiger partial charge in [0.2, 0.25) is 0 Å². The van der Waals surface area contributed by atoms with Gasteiger partial charge in [0.25, 0.3) is 0 Å². The van der Waals surface area contributed by atoms with E-state index in [0.29, 0.717) is 0 Å². The number of nitrogens with one attached hydrogen (secondary N) is 1. The fraction of sp³-hybridized carbons (Fsp3) is 0.929. The van der Waals surface area contributed by atoms with Gasteiger partial charge in [-0.2, -0.15) is 0 Å². The zero-order chi connectivity index (χ0) is 12.3. The van der Waals surface area contributed by atoms with E-state index in [4.69, 9.17) is 4.99 Å². The first kappa shape index (κ1) is 13.3. The SMILES string of the molecule is CCC1(C)CSC(=NCC2CCCC(C)C2)N1. The summed E-state index contributed by atoms with van der Waals surface area (Å²) in [4.78, 5) is 4.79. The Labute approximate surface area is 110 Å². The molecule has 3 atom stereocenters. The molecule has 3 heteroatoms. The predicted molar refractivity (Wildman–Crippen MR) is 77.7 cm³/mol. The van der Waals surface area contributed by atoms with Crippen molar-refractivity contribution in [3.63, 3.8) is 0 Å². The van der Waals surface area contributed by atoms with Gasteiger partial charge in [0.15, 0.2) is 5.17 Å². The van der Waals surface area contributed by atoms with Gasteiger partial charge >= 0.3 is 0 Å². The molecule has 0 bridgehead atoms. The van der Waals surface area contributed by atoms with Gasteiger partial charge in [-0.3, -0.25) is 4.99 Å². The first-order valence-electron chi connectivity index (χ1n) is 7.07. The lowest BCUT2D eigenvalue weighted by atomic mass is 9.82. The Hall–Kier alpha value is -0.180. The molecule has 1 N–H and O–H groups in total. The Balaban J connectivity index is 1.81. The zero-order valence-electron chi connectivity index (χ0n) is 11.5. The second-order valence-corrected chi connectivity index (χ2v) is 7.08.